The lowest BCUT2D eigenvalue weighted by atomic mass is 10.1. The molecule has 1 heterocycles. The summed E-state index contributed by atoms with van der Waals surface area (Å²) in [6, 6.07) is 11.9. The van der Waals surface area contributed by atoms with Crippen molar-refractivity contribution in [1.82, 2.24) is 4.37 Å². The van der Waals surface area contributed by atoms with Gasteiger partial charge in [0.05, 0.1) is 22.5 Å². The molecule has 0 unspecified atom stereocenters. The standard InChI is InChI=1S/C21H20N6O4S/c1-3-26(10-8-20(28)31-11-9-22)15-4-6-18(14(2)12-15)23-24-21-17-13-16(27(29)30)5-7-19(17)25-32-21/h4-7,12-13H,3,8,10-11H2,1-2H3/b24-23+. The van der Waals surface area contributed by atoms with Gasteiger partial charge in [-0.25, -0.2) is 0 Å². The molecule has 0 saturated carbocycles. The summed E-state index contributed by atoms with van der Waals surface area (Å²) in [6.07, 6.45) is 0.181. The van der Waals surface area contributed by atoms with Gasteiger partial charge in [0.15, 0.2) is 11.6 Å². The number of carbonyl (C=O) groups is 1. The Bertz CT molecular complexity index is 1220. The molecule has 10 nitrogen and oxygen atoms in total. The highest BCUT2D eigenvalue weighted by molar-refractivity contribution is 7.11. The van der Waals surface area contributed by atoms with Crippen LogP contribution in [0.3, 0.4) is 0 Å². The second-order valence-corrected chi connectivity index (χ2v) is 7.52. The first-order chi connectivity index (χ1) is 15.4. The third-order valence-electron chi connectivity index (χ3n) is 4.71. The normalized spacial score (nSPS) is 10.9. The van der Waals surface area contributed by atoms with Crippen molar-refractivity contribution in [2.24, 2.45) is 10.2 Å². The minimum Gasteiger partial charge on any atom is -0.450 e. The van der Waals surface area contributed by atoms with Crippen LogP contribution in [-0.2, 0) is 9.53 Å². The number of hydrogen-bond donors (Lipinski definition) is 0. The van der Waals surface area contributed by atoms with Gasteiger partial charge in [0.1, 0.15) is 6.07 Å². The molecule has 2 aromatic carbocycles. The van der Waals surface area contributed by atoms with E-state index in [4.69, 9.17) is 10.00 Å². The molecule has 32 heavy (non-hydrogen) atoms. The molecule has 0 spiro atoms. The molecule has 0 bridgehead atoms. The van der Waals surface area contributed by atoms with E-state index >= 15 is 0 Å². The van der Waals surface area contributed by atoms with Gasteiger partial charge in [0.25, 0.3) is 5.69 Å². The molecule has 0 aliphatic carbocycles. The van der Waals surface area contributed by atoms with Crippen LogP contribution in [0.4, 0.5) is 22.1 Å². The quantitative estimate of drug-likeness (QED) is 0.188. The molecule has 0 atom stereocenters. The molecule has 0 amide bonds. The third kappa shape index (κ3) is 5.41. The number of carbonyl (C=O) groups excluding carboxylic acids is 1. The van der Waals surface area contributed by atoms with E-state index < -0.39 is 10.9 Å². The fourth-order valence-corrected chi connectivity index (χ4v) is 3.71. The number of aromatic nitrogens is 1. The van der Waals surface area contributed by atoms with Crippen molar-refractivity contribution in [2.75, 3.05) is 24.6 Å². The second-order valence-electron chi connectivity index (χ2n) is 6.77. The number of nitro groups is 1. The molecule has 0 radical (unpaired) electrons. The van der Waals surface area contributed by atoms with Crippen molar-refractivity contribution < 1.29 is 14.5 Å². The first kappa shape index (κ1) is 22.8. The van der Waals surface area contributed by atoms with Gasteiger partial charge in [-0.3, -0.25) is 14.9 Å². The second kappa shape index (κ2) is 10.4. The number of nitriles is 1. The van der Waals surface area contributed by atoms with E-state index in [1.165, 1.54) is 12.1 Å². The van der Waals surface area contributed by atoms with Crippen molar-refractivity contribution >= 4 is 50.5 Å². The summed E-state index contributed by atoms with van der Waals surface area (Å²) < 4.78 is 9.05. The van der Waals surface area contributed by atoms with E-state index in [-0.39, 0.29) is 18.7 Å². The number of ether oxygens (including phenoxy) is 1. The van der Waals surface area contributed by atoms with Crippen molar-refractivity contribution in [1.29, 1.82) is 5.26 Å². The topological polar surface area (TPSA) is 134 Å². The zero-order valence-electron chi connectivity index (χ0n) is 17.5. The van der Waals surface area contributed by atoms with E-state index in [0.717, 1.165) is 22.8 Å². The number of benzene rings is 2. The van der Waals surface area contributed by atoms with Crippen LogP contribution in [0.5, 0.6) is 0 Å². The molecular weight excluding hydrogens is 432 g/mol. The maximum atomic E-state index is 11.7. The van der Waals surface area contributed by atoms with E-state index in [9.17, 15) is 14.9 Å². The zero-order chi connectivity index (χ0) is 23.1. The molecule has 164 valence electrons. The predicted molar refractivity (Wildman–Crippen MR) is 121 cm³/mol. The first-order valence-corrected chi connectivity index (χ1v) is 10.5. The highest BCUT2D eigenvalue weighted by Gasteiger charge is 2.13. The summed E-state index contributed by atoms with van der Waals surface area (Å²) in [5.74, 6) is -0.413. The number of anilines is 1. The molecule has 3 rings (SSSR count). The Morgan fingerprint density at radius 2 is 2.12 bits per heavy atom. The van der Waals surface area contributed by atoms with E-state index in [1.54, 1.807) is 12.1 Å². The first-order valence-electron chi connectivity index (χ1n) is 9.76. The van der Waals surface area contributed by atoms with Crippen molar-refractivity contribution in [3.8, 4) is 6.07 Å². The van der Waals surface area contributed by atoms with E-state index in [0.29, 0.717) is 34.7 Å². The fourth-order valence-electron chi connectivity index (χ4n) is 3.03. The minimum atomic E-state index is -0.455. The fraction of sp³-hybridized carbons (Fsp3) is 0.286. The number of fused-ring (bicyclic) bond motifs is 1. The number of hydrogen-bond acceptors (Lipinski definition) is 10. The molecule has 11 heteroatoms. The predicted octanol–water partition coefficient (Wildman–Crippen LogP) is 5.21. The lowest BCUT2D eigenvalue weighted by Gasteiger charge is -2.23. The maximum absolute atomic E-state index is 11.7. The Morgan fingerprint density at radius 1 is 1.31 bits per heavy atom. The molecular formula is C21H20N6O4S. The summed E-state index contributed by atoms with van der Waals surface area (Å²) in [6.45, 7) is 4.80. The molecule has 1 aromatic heterocycles. The number of rotatable bonds is 9. The van der Waals surface area contributed by atoms with Crippen LogP contribution in [0.25, 0.3) is 10.9 Å². The Morgan fingerprint density at radius 3 is 2.81 bits per heavy atom. The van der Waals surface area contributed by atoms with Crippen LogP contribution in [0.15, 0.2) is 46.6 Å². The number of nitrogens with zero attached hydrogens (tertiary/aromatic N) is 6. The van der Waals surface area contributed by atoms with Crippen molar-refractivity contribution in [3.63, 3.8) is 0 Å². The van der Waals surface area contributed by atoms with Crippen LogP contribution in [0.1, 0.15) is 18.9 Å². The molecule has 0 N–H and O–H groups in total. The average molecular weight is 452 g/mol. The molecule has 0 fully saturated rings. The monoisotopic (exact) mass is 452 g/mol. The lowest BCUT2D eigenvalue weighted by molar-refractivity contribution is -0.384. The molecule has 0 aliphatic rings. The van der Waals surface area contributed by atoms with Gasteiger partial charge in [-0.2, -0.15) is 9.64 Å². The highest BCUT2D eigenvalue weighted by atomic mass is 32.1. The van der Waals surface area contributed by atoms with E-state index in [1.807, 2.05) is 36.9 Å². The summed E-state index contributed by atoms with van der Waals surface area (Å²) in [5, 5.41) is 29.2. The van der Waals surface area contributed by atoms with E-state index in [2.05, 4.69) is 14.6 Å². The number of esters is 1. The van der Waals surface area contributed by atoms with Crippen LogP contribution in [-0.4, -0.2) is 35.0 Å². The lowest BCUT2D eigenvalue weighted by Crippen LogP contribution is -2.26. The van der Waals surface area contributed by atoms with Crippen molar-refractivity contribution in [3.05, 3.63) is 52.1 Å². The minimum absolute atomic E-state index is 0.0224. The zero-order valence-corrected chi connectivity index (χ0v) is 18.3. The maximum Gasteiger partial charge on any atom is 0.308 e. The van der Waals surface area contributed by atoms with Gasteiger partial charge in [-0.05, 0) is 55.2 Å². The third-order valence-corrected chi connectivity index (χ3v) is 5.47. The summed E-state index contributed by atoms with van der Waals surface area (Å²) in [7, 11) is 0. The Hall–Kier alpha value is -3.91. The van der Waals surface area contributed by atoms with Gasteiger partial charge < -0.3 is 9.64 Å². The summed E-state index contributed by atoms with van der Waals surface area (Å²) in [5.41, 5.74) is 3.08. The summed E-state index contributed by atoms with van der Waals surface area (Å²) in [4.78, 5) is 24.3. The molecule has 3 aromatic rings. The number of non-ortho nitro benzene ring substituents is 1. The molecule has 0 saturated heterocycles. The van der Waals surface area contributed by atoms with Crippen LogP contribution < -0.4 is 4.90 Å². The number of nitro benzene ring substituents is 1. The van der Waals surface area contributed by atoms with Crippen molar-refractivity contribution in [2.45, 2.75) is 20.3 Å². The van der Waals surface area contributed by atoms with Gasteiger partial charge in [0.2, 0.25) is 0 Å². The Labute approximate surface area is 188 Å². The smallest absolute Gasteiger partial charge is 0.308 e. The van der Waals surface area contributed by atoms with Gasteiger partial charge in [-0.15, -0.1) is 10.2 Å². The SMILES string of the molecule is CCN(CCC(=O)OCC#N)c1ccc(/N=N/c2snc3ccc([N+](=O)[O-])cc23)c(C)c1. The number of azo groups is 1. The summed E-state index contributed by atoms with van der Waals surface area (Å²) >= 11 is 1.13. The van der Waals surface area contributed by atoms with Gasteiger partial charge in [0, 0.05) is 36.3 Å². The highest BCUT2D eigenvalue weighted by Crippen LogP contribution is 2.35. The van der Waals surface area contributed by atoms with Crippen LogP contribution in [0.2, 0.25) is 0 Å². The number of aryl methyl sites for hydroxylation is 1. The Kier molecular flexibility index (Phi) is 7.41. The van der Waals surface area contributed by atoms with Gasteiger partial charge in [-0.1, -0.05) is 0 Å². The Balaban J connectivity index is 1.75. The molecule has 0 aliphatic heterocycles. The van der Waals surface area contributed by atoms with Crippen LogP contribution in [0, 0.1) is 28.4 Å². The van der Waals surface area contributed by atoms with Crippen LogP contribution >= 0.6 is 11.5 Å². The largest absolute Gasteiger partial charge is 0.450 e. The average Bonchev–Trinajstić information content (AvgIpc) is 3.19. The van der Waals surface area contributed by atoms with Gasteiger partial charge >= 0.3 is 5.97 Å².